The highest BCUT2D eigenvalue weighted by Crippen LogP contribution is 2.39. The van der Waals surface area contributed by atoms with Gasteiger partial charge in [-0.15, -0.1) is 0 Å². The van der Waals surface area contributed by atoms with E-state index >= 15 is 0 Å². The van der Waals surface area contributed by atoms with Gasteiger partial charge in [0.25, 0.3) is 0 Å². The van der Waals surface area contributed by atoms with Gasteiger partial charge in [0, 0.05) is 56.8 Å². The molecule has 0 bridgehead atoms. The lowest BCUT2D eigenvalue weighted by molar-refractivity contribution is -0.131. The fraction of sp³-hybridized carbons (Fsp3) is 0.600. The molecule has 4 aliphatic rings. The molecule has 4 heterocycles. The summed E-state index contributed by atoms with van der Waals surface area (Å²) in [6.45, 7) is 6.25. The van der Waals surface area contributed by atoms with E-state index in [9.17, 15) is 4.79 Å². The van der Waals surface area contributed by atoms with Crippen molar-refractivity contribution in [1.82, 2.24) is 14.7 Å². The Morgan fingerprint density at radius 2 is 1.85 bits per heavy atom. The molecule has 1 aromatic rings. The van der Waals surface area contributed by atoms with Gasteiger partial charge in [0.15, 0.2) is 0 Å². The number of rotatable bonds is 2. The second-order valence-electron chi connectivity index (χ2n) is 7.92. The van der Waals surface area contributed by atoms with E-state index in [-0.39, 0.29) is 5.66 Å². The predicted molar refractivity (Wildman–Crippen MR) is 102 cm³/mol. The van der Waals surface area contributed by atoms with E-state index < -0.39 is 0 Å². The van der Waals surface area contributed by atoms with Crippen LogP contribution in [-0.2, 0) is 4.79 Å². The van der Waals surface area contributed by atoms with Crippen LogP contribution < -0.4 is 5.32 Å². The van der Waals surface area contributed by atoms with Crippen molar-refractivity contribution in [2.75, 3.05) is 51.1 Å². The van der Waals surface area contributed by atoms with Crippen molar-refractivity contribution in [3.05, 3.63) is 29.8 Å². The van der Waals surface area contributed by atoms with E-state index in [0.29, 0.717) is 12.5 Å². The molecule has 1 amide bonds. The first-order valence-electron chi connectivity index (χ1n) is 9.95. The maximum Gasteiger partial charge on any atom is 0.236 e. The van der Waals surface area contributed by atoms with Crippen LogP contribution in [0.1, 0.15) is 31.2 Å². The number of hydrogen-bond donors (Lipinski definition) is 1. The molecule has 1 N–H and O–H groups in total. The minimum atomic E-state index is -0.0448. The van der Waals surface area contributed by atoms with Crippen LogP contribution in [0.25, 0.3) is 0 Å². The number of fused-ring (bicyclic) bond motifs is 4. The lowest BCUT2D eigenvalue weighted by Gasteiger charge is -2.52. The molecule has 0 aromatic heterocycles. The lowest BCUT2D eigenvalue weighted by Crippen LogP contribution is -2.63. The highest BCUT2D eigenvalue weighted by molar-refractivity contribution is 6.06. The van der Waals surface area contributed by atoms with Crippen molar-refractivity contribution >= 4 is 17.4 Å². The van der Waals surface area contributed by atoms with Crippen LogP contribution in [0.5, 0.6) is 0 Å². The van der Waals surface area contributed by atoms with E-state index in [0.717, 1.165) is 70.8 Å². The van der Waals surface area contributed by atoms with Crippen molar-refractivity contribution < 1.29 is 4.79 Å². The highest BCUT2D eigenvalue weighted by atomic mass is 16.2. The van der Waals surface area contributed by atoms with Crippen LogP contribution in [0.15, 0.2) is 29.3 Å². The number of hydrogen-bond acceptors (Lipinski definition) is 5. The summed E-state index contributed by atoms with van der Waals surface area (Å²) in [5, 5.41) is 3.84. The number of amides is 1. The Bertz CT molecular complexity index is 731. The molecule has 6 heteroatoms. The minimum Gasteiger partial charge on any atom is -0.362 e. The Kier molecular flexibility index (Phi) is 3.89. The van der Waals surface area contributed by atoms with Crippen molar-refractivity contribution in [3.8, 4) is 0 Å². The number of nitrogens with zero attached hydrogens (tertiary/aromatic N) is 4. The largest absolute Gasteiger partial charge is 0.362 e. The molecular formula is C20H27N5O. The van der Waals surface area contributed by atoms with E-state index in [1.165, 1.54) is 11.3 Å². The van der Waals surface area contributed by atoms with Crippen molar-refractivity contribution in [1.29, 1.82) is 0 Å². The number of likely N-dealkylation sites (tertiary alicyclic amines) is 2. The second kappa shape index (κ2) is 6.27. The summed E-state index contributed by atoms with van der Waals surface area (Å²) in [5.41, 5.74) is 2.38. The molecule has 4 aliphatic heterocycles. The number of carbonyl (C=O) groups excluding carboxylic acids is 1. The number of benzene rings is 1. The summed E-state index contributed by atoms with van der Waals surface area (Å²) in [6, 6.07) is 8.51. The van der Waals surface area contributed by atoms with Gasteiger partial charge in [-0.25, -0.2) is 0 Å². The molecule has 5 rings (SSSR count). The normalized spacial score (nSPS) is 24.2. The Morgan fingerprint density at radius 3 is 2.65 bits per heavy atom. The summed E-state index contributed by atoms with van der Waals surface area (Å²) in [6.07, 6.45) is 4.37. The lowest BCUT2D eigenvalue weighted by atomic mass is 9.90. The Hall–Kier alpha value is -2.08. The van der Waals surface area contributed by atoms with Gasteiger partial charge < -0.3 is 15.1 Å². The van der Waals surface area contributed by atoms with Crippen LogP contribution in [-0.4, -0.2) is 77.9 Å². The number of aliphatic imine (C=N–C) groups is 1. The number of carbonyl (C=O) groups is 1. The molecule has 26 heavy (non-hydrogen) atoms. The summed E-state index contributed by atoms with van der Waals surface area (Å²) in [7, 11) is 0. The van der Waals surface area contributed by atoms with E-state index in [1.807, 2.05) is 4.90 Å². The fourth-order valence-corrected chi connectivity index (χ4v) is 4.93. The van der Waals surface area contributed by atoms with Gasteiger partial charge in [-0.1, -0.05) is 12.1 Å². The Balaban J connectivity index is 1.30. The average Bonchev–Trinajstić information content (AvgIpc) is 3.36. The third kappa shape index (κ3) is 2.58. The molecule has 0 saturated carbocycles. The molecule has 1 spiro atoms. The molecule has 1 aromatic carbocycles. The monoisotopic (exact) mass is 353 g/mol. The highest BCUT2D eigenvalue weighted by Gasteiger charge is 2.46. The molecule has 0 unspecified atom stereocenters. The van der Waals surface area contributed by atoms with Crippen molar-refractivity contribution in [2.45, 2.75) is 31.3 Å². The molecule has 0 aliphatic carbocycles. The third-order valence-corrected chi connectivity index (χ3v) is 6.39. The first-order chi connectivity index (χ1) is 12.8. The zero-order valence-electron chi connectivity index (χ0n) is 15.3. The van der Waals surface area contributed by atoms with Crippen LogP contribution in [0.3, 0.4) is 0 Å². The number of nitrogens with one attached hydrogen (secondary N) is 1. The van der Waals surface area contributed by atoms with Gasteiger partial charge in [-0.05, 0) is 25.0 Å². The van der Waals surface area contributed by atoms with E-state index in [4.69, 9.17) is 4.99 Å². The summed E-state index contributed by atoms with van der Waals surface area (Å²) < 4.78 is 0. The third-order valence-electron chi connectivity index (χ3n) is 6.39. The zero-order chi connectivity index (χ0) is 17.6. The molecule has 2 saturated heterocycles. The first-order valence-corrected chi connectivity index (χ1v) is 9.95. The number of anilines is 1. The molecule has 6 nitrogen and oxygen atoms in total. The maximum atomic E-state index is 12.5. The van der Waals surface area contributed by atoms with Crippen LogP contribution in [0.4, 0.5) is 5.69 Å². The average molecular weight is 353 g/mol. The molecule has 2 fully saturated rings. The molecule has 138 valence electrons. The topological polar surface area (TPSA) is 51.2 Å². The van der Waals surface area contributed by atoms with Gasteiger partial charge in [-0.3, -0.25) is 14.7 Å². The molecule has 0 radical (unpaired) electrons. The standard InChI is InChI=1S/C20H27N5O/c26-18(24-10-3-4-11-24)15-23-12-7-20(8-13-23)22-17-6-2-1-5-16(17)19-21-9-14-25(19)20/h1-2,5-6,22H,3-4,7-15H2. The first kappa shape index (κ1) is 16.1. The van der Waals surface area contributed by atoms with Gasteiger partial charge in [0.05, 0.1) is 13.1 Å². The van der Waals surface area contributed by atoms with Gasteiger partial charge in [0.2, 0.25) is 5.91 Å². The Morgan fingerprint density at radius 1 is 1.08 bits per heavy atom. The molecule has 0 atom stereocenters. The minimum absolute atomic E-state index is 0.0448. The zero-order valence-corrected chi connectivity index (χ0v) is 15.3. The summed E-state index contributed by atoms with van der Waals surface area (Å²) >= 11 is 0. The summed E-state index contributed by atoms with van der Waals surface area (Å²) in [4.78, 5) is 24.1. The maximum absolute atomic E-state index is 12.5. The number of amidine groups is 1. The quantitative estimate of drug-likeness (QED) is 0.877. The second-order valence-corrected chi connectivity index (χ2v) is 7.92. The smallest absolute Gasteiger partial charge is 0.236 e. The summed E-state index contributed by atoms with van der Waals surface area (Å²) in [5.74, 6) is 1.46. The van der Waals surface area contributed by atoms with Crippen molar-refractivity contribution in [2.24, 2.45) is 4.99 Å². The number of para-hydroxylation sites is 1. The van der Waals surface area contributed by atoms with Crippen LogP contribution >= 0.6 is 0 Å². The van der Waals surface area contributed by atoms with Gasteiger partial charge >= 0.3 is 0 Å². The number of piperidine rings is 1. The predicted octanol–water partition coefficient (Wildman–Crippen LogP) is 1.59. The molecular weight excluding hydrogens is 326 g/mol. The fourth-order valence-electron chi connectivity index (χ4n) is 4.93. The van der Waals surface area contributed by atoms with Crippen LogP contribution in [0, 0.1) is 0 Å². The van der Waals surface area contributed by atoms with Crippen molar-refractivity contribution in [3.63, 3.8) is 0 Å². The van der Waals surface area contributed by atoms with Gasteiger partial charge in [-0.2, -0.15) is 0 Å². The van der Waals surface area contributed by atoms with Gasteiger partial charge in [0.1, 0.15) is 11.5 Å². The SMILES string of the molecule is O=C(CN1CCC2(CC1)Nc1ccccc1C1=NCCN12)N1CCCC1. The van der Waals surface area contributed by atoms with E-state index in [2.05, 4.69) is 39.4 Å². The van der Waals surface area contributed by atoms with Crippen LogP contribution in [0.2, 0.25) is 0 Å². The Labute approximate surface area is 154 Å². The van der Waals surface area contributed by atoms with E-state index in [1.54, 1.807) is 0 Å².